The number of carbonyl (C=O) groups is 3. The fourth-order valence-corrected chi connectivity index (χ4v) is 5.38. The van der Waals surface area contributed by atoms with Gasteiger partial charge in [0, 0.05) is 25.5 Å². The maximum atomic E-state index is 13.2. The van der Waals surface area contributed by atoms with Crippen LogP contribution in [-0.2, 0) is 38.6 Å². The topological polar surface area (TPSA) is 202 Å². The molecule has 3 aromatic carbocycles. The zero-order valence-electron chi connectivity index (χ0n) is 28.8. The minimum atomic E-state index is -1.23. The fraction of sp³-hybridized carbons (Fsp3) is 0.286. The summed E-state index contributed by atoms with van der Waals surface area (Å²) in [7, 11) is 0. The summed E-state index contributed by atoms with van der Waals surface area (Å²) in [4.78, 5) is 57.6. The number of halogens is 1. The Morgan fingerprint density at radius 1 is 0.943 bits per heavy atom. The molecule has 0 amide bonds. The van der Waals surface area contributed by atoms with E-state index in [-0.39, 0.29) is 42.2 Å². The standard InChI is InChI=1S/C35H34ClN7O10/c1-4-6-11-29-37-31(36)30(33(44)51-22(3)52-35(46)49-5-2)41(29)20-23-12-16-25(17-13-23)27-9-7-8-10-28(27)32-38-40-42(39-32)34(45)53-26-18-14-24(15-19-26)21-50-43(47)48/h7-10,12-19,22H,4-6,11,20-21H2,1-3H3. The van der Waals surface area contributed by atoms with Crippen molar-refractivity contribution in [3.63, 3.8) is 0 Å². The van der Waals surface area contributed by atoms with Crippen molar-refractivity contribution in [1.82, 2.24) is 29.8 Å². The van der Waals surface area contributed by atoms with Crippen LogP contribution in [0.2, 0.25) is 5.15 Å². The van der Waals surface area contributed by atoms with E-state index in [0.717, 1.165) is 34.3 Å². The molecule has 53 heavy (non-hydrogen) atoms. The van der Waals surface area contributed by atoms with Gasteiger partial charge in [0.25, 0.3) is 5.09 Å². The highest BCUT2D eigenvalue weighted by molar-refractivity contribution is 6.32. The predicted molar refractivity (Wildman–Crippen MR) is 186 cm³/mol. The first-order chi connectivity index (χ1) is 25.6. The molecule has 0 saturated heterocycles. The second kappa shape index (κ2) is 17.7. The van der Waals surface area contributed by atoms with E-state index >= 15 is 0 Å². The molecule has 17 nitrogen and oxygen atoms in total. The predicted octanol–water partition coefficient (Wildman–Crippen LogP) is 6.68. The third kappa shape index (κ3) is 9.91. The lowest BCUT2D eigenvalue weighted by molar-refractivity contribution is -0.763. The summed E-state index contributed by atoms with van der Waals surface area (Å²) >= 11 is 6.46. The maximum absolute atomic E-state index is 13.2. The second-order valence-electron chi connectivity index (χ2n) is 11.3. The molecule has 0 saturated carbocycles. The average molecular weight is 748 g/mol. The van der Waals surface area contributed by atoms with Gasteiger partial charge >= 0.3 is 18.2 Å². The summed E-state index contributed by atoms with van der Waals surface area (Å²) in [6.07, 6.45) is -0.838. The molecule has 0 radical (unpaired) electrons. The third-order valence-corrected chi connectivity index (χ3v) is 7.83. The van der Waals surface area contributed by atoms with Crippen molar-refractivity contribution in [3.05, 3.63) is 111 Å². The zero-order chi connectivity index (χ0) is 37.9. The lowest BCUT2D eigenvalue weighted by Gasteiger charge is -2.16. The number of aromatic nitrogens is 6. The van der Waals surface area contributed by atoms with Gasteiger partial charge in [0.05, 0.1) is 6.61 Å². The molecule has 0 N–H and O–H groups in total. The number of nitrogens with zero attached hydrogens (tertiary/aromatic N) is 7. The quantitative estimate of drug-likeness (QED) is 0.0475. The van der Waals surface area contributed by atoms with Crippen LogP contribution in [0.25, 0.3) is 22.5 Å². The Balaban J connectivity index is 1.32. The number of rotatable bonds is 15. The van der Waals surface area contributed by atoms with E-state index in [4.69, 9.17) is 30.5 Å². The molecule has 0 aliphatic rings. The number of imidazole rings is 1. The van der Waals surface area contributed by atoms with Gasteiger partial charge in [-0.05, 0) is 52.9 Å². The number of hydrogen-bond acceptors (Lipinski definition) is 14. The maximum Gasteiger partial charge on any atom is 0.511 e. The van der Waals surface area contributed by atoms with Crippen LogP contribution in [0.5, 0.6) is 5.75 Å². The number of benzene rings is 3. The number of carbonyl (C=O) groups excluding carboxylic acids is 3. The van der Waals surface area contributed by atoms with E-state index in [1.807, 2.05) is 43.3 Å². The van der Waals surface area contributed by atoms with E-state index in [0.29, 0.717) is 23.4 Å². The highest BCUT2D eigenvalue weighted by Crippen LogP contribution is 2.31. The molecular formula is C35H34ClN7O10. The molecule has 2 heterocycles. The van der Waals surface area contributed by atoms with Crippen molar-refractivity contribution in [2.45, 2.75) is 59.5 Å². The van der Waals surface area contributed by atoms with Crippen LogP contribution < -0.4 is 4.74 Å². The SMILES string of the molecule is CCCCc1nc(Cl)c(C(=O)OC(C)OC(=O)OCC)n1Cc1ccc(-c2ccccc2-c2nnn(C(=O)Oc3ccc(CO[N+](=O)[O-])cc3)n2)cc1. The van der Waals surface area contributed by atoms with Crippen LogP contribution >= 0.6 is 11.6 Å². The molecule has 1 unspecified atom stereocenters. The van der Waals surface area contributed by atoms with Gasteiger partial charge in [-0.25, -0.2) is 19.4 Å². The first-order valence-corrected chi connectivity index (χ1v) is 16.8. The first-order valence-electron chi connectivity index (χ1n) is 16.4. The summed E-state index contributed by atoms with van der Waals surface area (Å²) in [6.45, 7) is 5.15. The molecule has 18 heteroatoms. The lowest BCUT2D eigenvalue weighted by Crippen LogP contribution is -2.24. The Kier molecular flexibility index (Phi) is 12.7. The number of hydrogen-bond donors (Lipinski definition) is 0. The molecule has 0 spiro atoms. The molecule has 1 atom stereocenters. The van der Waals surface area contributed by atoms with Crippen LogP contribution in [0.4, 0.5) is 9.59 Å². The largest absolute Gasteiger partial charge is 0.511 e. The van der Waals surface area contributed by atoms with Crippen molar-refractivity contribution >= 4 is 29.8 Å². The van der Waals surface area contributed by atoms with Crippen molar-refractivity contribution in [1.29, 1.82) is 0 Å². The summed E-state index contributed by atoms with van der Waals surface area (Å²) in [6, 6.07) is 20.8. The highest BCUT2D eigenvalue weighted by Gasteiger charge is 2.26. The van der Waals surface area contributed by atoms with Crippen LogP contribution in [0.3, 0.4) is 0 Å². The summed E-state index contributed by atoms with van der Waals surface area (Å²) < 4.78 is 22.1. The van der Waals surface area contributed by atoms with Crippen LogP contribution in [0.1, 0.15) is 61.1 Å². The molecule has 5 aromatic rings. The van der Waals surface area contributed by atoms with Gasteiger partial charge in [-0.2, -0.15) is 0 Å². The molecule has 0 aliphatic heterocycles. The fourth-order valence-electron chi connectivity index (χ4n) is 5.10. The summed E-state index contributed by atoms with van der Waals surface area (Å²) in [5.74, 6) is 0.127. The smallest absolute Gasteiger partial charge is 0.435 e. The minimum absolute atomic E-state index is 0.0264. The van der Waals surface area contributed by atoms with Gasteiger partial charge in [0.15, 0.2) is 10.8 Å². The Morgan fingerprint density at radius 3 is 2.32 bits per heavy atom. The molecule has 0 aliphatic carbocycles. The lowest BCUT2D eigenvalue weighted by atomic mass is 9.98. The molecule has 0 bridgehead atoms. The van der Waals surface area contributed by atoms with E-state index < -0.39 is 29.6 Å². The van der Waals surface area contributed by atoms with E-state index in [9.17, 15) is 24.5 Å². The summed E-state index contributed by atoms with van der Waals surface area (Å²) in [5.41, 5.74) is 3.53. The number of ether oxygens (including phenoxy) is 4. The molecule has 2 aromatic heterocycles. The van der Waals surface area contributed by atoms with Crippen LogP contribution in [-0.4, -0.2) is 66.0 Å². The number of tetrazole rings is 1. The Bertz CT molecular complexity index is 2070. The summed E-state index contributed by atoms with van der Waals surface area (Å²) in [5, 5.41) is 21.6. The van der Waals surface area contributed by atoms with Gasteiger partial charge in [0.2, 0.25) is 12.1 Å². The first kappa shape index (κ1) is 37.9. The Morgan fingerprint density at radius 2 is 1.64 bits per heavy atom. The molecular weight excluding hydrogens is 714 g/mol. The minimum Gasteiger partial charge on any atom is -0.435 e. The van der Waals surface area contributed by atoms with Crippen molar-refractivity contribution in [2.75, 3.05) is 6.61 Å². The van der Waals surface area contributed by atoms with E-state index in [2.05, 4.69) is 25.2 Å². The second-order valence-corrected chi connectivity index (χ2v) is 11.6. The van der Waals surface area contributed by atoms with Gasteiger partial charge < -0.3 is 28.4 Å². The number of esters is 1. The van der Waals surface area contributed by atoms with Gasteiger partial charge in [0.1, 0.15) is 18.2 Å². The van der Waals surface area contributed by atoms with Crippen LogP contribution in [0.15, 0.2) is 72.8 Å². The van der Waals surface area contributed by atoms with Gasteiger partial charge in [-0.3, -0.25) is 0 Å². The molecule has 276 valence electrons. The molecule has 0 fully saturated rings. The van der Waals surface area contributed by atoms with Gasteiger partial charge in [-0.15, -0.1) is 20.3 Å². The normalized spacial score (nSPS) is 11.4. The van der Waals surface area contributed by atoms with Crippen molar-refractivity contribution < 1.29 is 43.3 Å². The highest BCUT2D eigenvalue weighted by atomic mass is 35.5. The van der Waals surface area contributed by atoms with Crippen molar-refractivity contribution in [3.8, 4) is 28.3 Å². The number of aryl methyl sites for hydroxylation is 1. The zero-order valence-corrected chi connectivity index (χ0v) is 29.6. The molecule has 5 rings (SSSR count). The third-order valence-electron chi connectivity index (χ3n) is 7.56. The number of unbranched alkanes of at least 4 members (excludes halogenated alkanes) is 1. The monoisotopic (exact) mass is 747 g/mol. The Labute approximate surface area is 307 Å². The van der Waals surface area contributed by atoms with E-state index in [1.54, 1.807) is 23.6 Å². The average Bonchev–Trinajstić information content (AvgIpc) is 3.75. The van der Waals surface area contributed by atoms with Crippen molar-refractivity contribution in [2.24, 2.45) is 0 Å². The van der Waals surface area contributed by atoms with Gasteiger partial charge in [-0.1, -0.05) is 90.4 Å². The Hall–Kier alpha value is -6.36. The van der Waals surface area contributed by atoms with Crippen LogP contribution in [0, 0.1) is 10.1 Å². The van der Waals surface area contributed by atoms with E-state index in [1.165, 1.54) is 31.2 Å².